The molecule has 0 saturated heterocycles. The van der Waals surface area contributed by atoms with Gasteiger partial charge in [0.15, 0.2) is 0 Å². The highest BCUT2D eigenvalue weighted by Gasteiger charge is 2.53. The van der Waals surface area contributed by atoms with Crippen molar-refractivity contribution in [3.8, 4) is 0 Å². The number of rotatable bonds is 2. The van der Waals surface area contributed by atoms with E-state index < -0.39 is 17.5 Å². The molecule has 1 atom stereocenters. The quantitative estimate of drug-likeness (QED) is 0.647. The second-order valence-corrected chi connectivity index (χ2v) is 3.82. The highest BCUT2D eigenvalue weighted by Crippen LogP contribution is 2.46. The van der Waals surface area contributed by atoms with Crippen LogP contribution in [0.15, 0.2) is 23.8 Å². The molecule has 0 aromatic rings. The van der Waals surface area contributed by atoms with E-state index in [0.717, 1.165) is 6.08 Å². The predicted molar refractivity (Wildman–Crippen MR) is 51.8 cm³/mol. The Morgan fingerprint density at radius 2 is 2.00 bits per heavy atom. The fourth-order valence-electron chi connectivity index (χ4n) is 1.35. The van der Waals surface area contributed by atoms with Gasteiger partial charge in [0, 0.05) is 11.8 Å². The smallest absolute Gasteiger partial charge is 0.170 e. The first-order chi connectivity index (χ1) is 6.45. The van der Waals surface area contributed by atoms with Gasteiger partial charge in [-0.05, 0) is 6.42 Å². The van der Waals surface area contributed by atoms with Crippen LogP contribution in [0.2, 0.25) is 0 Å². The Labute approximate surface area is 90.4 Å². The first kappa shape index (κ1) is 11.9. The molecule has 0 fully saturated rings. The van der Waals surface area contributed by atoms with E-state index in [1.807, 2.05) is 0 Å². The van der Waals surface area contributed by atoms with E-state index in [-0.39, 0.29) is 12.3 Å². The zero-order chi connectivity index (χ0) is 10.8. The van der Waals surface area contributed by atoms with Gasteiger partial charge >= 0.3 is 6.18 Å². The van der Waals surface area contributed by atoms with Crippen LogP contribution in [-0.4, -0.2) is 17.9 Å². The van der Waals surface area contributed by atoms with Crippen molar-refractivity contribution in [1.29, 1.82) is 0 Å². The molecule has 80 valence electrons. The highest BCUT2D eigenvalue weighted by molar-refractivity contribution is 6.19. The molecule has 0 amide bonds. The van der Waals surface area contributed by atoms with Crippen LogP contribution in [0.4, 0.5) is 13.2 Å². The second kappa shape index (κ2) is 4.15. The van der Waals surface area contributed by atoms with Gasteiger partial charge in [-0.15, -0.1) is 23.2 Å². The lowest BCUT2D eigenvalue weighted by Gasteiger charge is -2.33. The average Bonchev–Trinajstić information content (AvgIpc) is 2.16. The molecule has 0 bridgehead atoms. The molecule has 0 aliphatic heterocycles. The summed E-state index contributed by atoms with van der Waals surface area (Å²) in [7, 11) is 0. The molecule has 1 unspecified atom stereocenters. The molecule has 1 aliphatic carbocycles. The number of halogens is 5. The Kier molecular flexibility index (Phi) is 3.53. The maximum Gasteiger partial charge on any atom is 0.399 e. The summed E-state index contributed by atoms with van der Waals surface area (Å²) in [4.78, 5) is 0. The van der Waals surface area contributed by atoms with Gasteiger partial charge in [-0.3, -0.25) is 0 Å². The summed E-state index contributed by atoms with van der Waals surface area (Å²) >= 11 is 10.9. The van der Waals surface area contributed by atoms with E-state index in [1.54, 1.807) is 6.08 Å². The predicted octanol–water partition coefficient (Wildman–Crippen LogP) is 3.90. The van der Waals surface area contributed by atoms with Gasteiger partial charge in [0.1, 0.15) is 5.41 Å². The van der Waals surface area contributed by atoms with Gasteiger partial charge in [0.2, 0.25) is 0 Å². The van der Waals surface area contributed by atoms with E-state index in [9.17, 15) is 13.2 Å². The Bertz CT molecular complexity index is 268. The van der Waals surface area contributed by atoms with Crippen LogP contribution in [0.1, 0.15) is 6.42 Å². The molecule has 1 aliphatic rings. The maximum absolute atomic E-state index is 12.7. The Hall–Kier alpha value is -0.150. The van der Waals surface area contributed by atoms with E-state index >= 15 is 0 Å². The van der Waals surface area contributed by atoms with Crippen molar-refractivity contribution in [2.24, 2.45) is 5.41 Å². The highest BCUT2D eigenvalue weighted by atomic mass is 35.5. The van der Waals surface area contributed by atoms with Crippen LogP contribution < -0.4 is 0 Å². The Morgan fingerprint density at radius 3 is 2.43 bits per heavy atom. The standard InChI is InChI=1S/C9H9Cl2F3/c10-5-7-2-1-3-8(4-7,6-11)9(12,13)14/h1-3H,4-6H2. The van der Waals surface area contributed by atoms with E-state index in [2.05, 4.69) is 0 Å². The molecule has 0 nitrogen and oxygen atoms in total. The van der Waals surface area contributed by atoms with Crippen LogP contribution in [0, 0.1) is 5.41 Å². The minimum atomic E-state index is -4.32. The topological polar surface area (TPSA) is 0 Å². The van der Waals surface area contributed by atoms with Crippen LogP contribution in [-0.2, 0) is 0 Å². The van der Waals surface area contributed by atoms with Crippen LogP contribution in [0.5, 0.6) is 0 Å². The van der Waals surface area contributed by atoms with Crippen molar-refractivity contribution in [1.82, 2.24) is 0 Å². The Balaban J connectivity index is 2.96. The fourth-order valence-corrected chi connectivity index (χ4v) is 1.86. The summed E-state index contributed by atoms with van der Waals surface area (Å²) in [6.07, 6.45) is -0.381. The lowest BCUT2D eigenvalue weighted by Crippen LogP contribution is -2.39. The third-order valence-electron chi connectivity index (χ3n) is 2.26. The van der Waals surface area contributed by atoms with Gasteiger partial charge in [0.25, 0.3) is 0 Å². The van der Waals surface area contributed by atoms with Crippen molar-refractivity contribution in [3.05, 3.63) is 23.8 Å². The van der Waals surface area contributed by atoms with Crippen molar-refractivity contribution >= 4 is 23.2 Å². The lowest BCUT2D eigenvalue weighted by molar-refractivity contribution is -0.198. The first-order valence-corrected chi connectivity index (χ1v) is 5.08. The van der Waals surface area contributed by atoms with E-state index in [0.29, 0.717) is 5.57 Å². The summed E-state index contributed by atoms with van der Waals surface area (Å²) in [6.45, 7) is 0. The number of hydrogen-bond acceptors (Lipinski definition) is 0. The molecule has 0 aromatic carbocycles. The van der Waals surface area contributed by atoms with Gasteiger partial charge in [-0.1, -0.05) is 23.8 Å². The maximum atomic E-state index is 12.7. The minimum Gasteiger partial charge on any atom is -0.170 e. The van der Waals surface area contributed by atoms with Gasteiger partial charge < -0.3 is 0 Å². The average molecular weight is 245 g/mol. The van der Waals surface area contributed by atoms with E-state index in [1.165, 1.54) is 6.08 Å². The van der Waals surface area contributed by atoms with Crippen LogP contribution in [0.3, 0.4) is 0 Å². The fraction of sp³-hybridized carbons (Fsp3) is 0.556. The number of alkyl halides is 5. The van der Waals surface area contributed by atoms with Crippen molar-refractivity contribution < 1.29 is 13.2 Å². The molecule has 0 heterocycles. The number of hydrogen-bond donors (Lipinski definition) is 0. The molecule has 0 aromatic heterocycles. The van der Waals surface area contributed by atoms with Crippen molar-refractivity contribution in [2.75, 3.05) is 11.8 Å². The van der Waals surface area contributed by atoms with E-state index in [4.69, 9.17) is 23.2 Å². The van der Waals surface area contributed by atoms with Crippen LogP contribution in [0.25, 0.3) is 0 Å². The molecule has 0 N–H and O–H groups in total. The Morgan fingerprint density at radius 1 is 1.36 bits per heavy atom. The van der Waals surface area contributed by atoms with Gasteiger partial charge in [-0.25, -0.2) is 0 Å². The second-order valence-electron chi connectivity index (χ2n) is 3.28. The normalized spacial score (nSPS) is 27.6. The molecule has 1 rings (SSSR count). The zero-order valence-electron chi connectivity index (χ0n) is 7.24. The summed E-state index contributed by atoms with van der Waals surface area (Å²) in [6, 6.07) is 0. The lowest BCUT2D eigenvalue weighted by atomic mass is 9.79. The zero-order valence-corrected chi connectivity index (χ0v) is 8.76. The number of allylic oxidation sites excluding steroid dienone is 4. The summed E-state index contributed by atoms with van der Waals surface area (Å²) in [5.41, 5.74) is -1.37. The molecular weight excluding hydrogens is 236 g/mol. The first-order valence-electron chi connectivity index (χ1n) is 4.01. The van der Waals surface area contributed by atoms with Crippen molar-refractivity contribution in [3.63, 3.8) is 0 Å². The monoisotopic (exact) mass is 244 g/mol. The summed E-state index contributed by atoms with van der Waals surface area (Å²) in [5, 5.41) is 0. The van der Waals surface area contributed by atoms with Gasteiger partial charge in [0.05, 0.1) is 0 Å². The largest absolute Gasteiger partial charge is 0.399 e. The molecular formula is C9H9Cl2F3. The van der Waals surface area contributed by atoms with Crippen molar-refractivity contribution in [2.45, 2.75) is 12.6 Å². The molecule has 5 heteroatoms. The third-order valence-corrected chi connectivity index (χ3v) is 3.08. The molecule has 0 radical (unpaired) electrons. The van der Waals surface area contributed by atoms with Gasteiger partial charge in [-0.2, -0.15) is 13.2 Å². The summed E-state index contributed by atoms with van der Waals surface area (Å²) in [5.74, 6) is -0.361. The third kappa shape index (κ3) is 2.09. The minimum absolute atomic E-state index is 0.110. The molecule has 14 heavy (non-hydrogen) atoms. The molecule has 0 saturated carbocycles. The van der Waals surface area contributed by atoms with Crippen LogP contribution >= 0.6 is 23.2 Å². The SMILES string of the molecule is FC(F)(F)C1(CCl)C=CC=C(CCl)C1. The molecule has 0 spiro atoms. The summed E-state index contributed by atoms with van der Waals surface area (Å²) < 4.78 is 38.1.